The highest BCUT2D eigenvalue weighted by atomic mass is 32.2. The van der Waals surface area contributed by atoms with Crippen molar-refractivity contribution in [1.82, 2.24) is 9.97 Å². The SMILES string of the molecule is Nc1cc(=O)[nH]c(Sc2c(F)cc(C(=O)O)cc2F)n1. The number of aromatic amines is 1. The molecule has 0 atom stereocenters. The summed E-state index contributed by atoms with van der Waals surface area (Å²) in [7, 11) is 0. The third-order valence-corrected chi connectivity index (χ3v) is 3.16. The molecule has 0 radical (unpaired) electrons. The number of nitrogens with one attached hydrogen (secondary N) is 1. The Morgan fingerprint density at radius 3 is 2.40 bits per heavy atom. The summed E-state index contributed by atoms with van der Waals surface area (Å²) in [6.45, 7) is 0. The molecular weight excluding hydrogens is 292 g/mol. The Kier molecular flexibility index (Phi) is 3.70. The summed E-state index contributed by atoms with van der Waals surface area (Å²) in [4.78, 5) is 27.3. The molecular formula is C11H7F2N3O3S. The first-order valence-corrected chi connectivity index (χ1v) is 5.95. The number of H-pyrrole nitrogens is 1. The van der Waals surface area contributed by atoms with Crippen LogP contribution in [0.4, 0.5) is 14.6 Å². The highest BCUT2D eigenvalue weighted by Crippen LogP contribution is 2.30. The molecule has 4 N–H and O–H groups in total. The van der Waals surface area contributed by atoms with E-state index in [0.29, 0.717) is 23.9 Å². The predicted octanol–water partition coefficient (Wildman–Crippen LogP) is 1.48. The summed E-state index contributed by atoms with van der Waals surface area (Å²) < 4.78 is 27.4. The monoisotopic (exact) mass is 299 g/mol. The van der Waals surface area contributed by atoms with Gasteiger partial charge in [-0.25, -0.2) is 18.6 Å². The van der Waals surface area contributed by atoms with Crippen molar-refractivity contribution < 1.29 is 18.7 Å². The van der Waals surface area contributed by atoms with Crippen molar-refractivity contribution in [3.63, 3.8) is 0 Å². The Morgan fingerprint density at radius 1 is 1.30 bits per heavy atom. The maximum Gasteiger partial charge on any atom is 0.335 e. The van der Waals surface area contributed by atoms with Gasteiger partial charge in [0.2, 0.25) is 0 Å². The van der Waals surface area contributed by atoms with Gasteiger partial charge in [-0.05, 0) is 23.9 Å². The second-order valence-corrected chi connectivity index (χ2v) is 4.65. The predicted molar refractivity (Wildman–Crippen MR) is 66.7 cm³/mol. The number of hydrogen-bond acceptors (Lipinski definition) is 5. The fourth-order valence-electron chi connectivity index (χ4n) is 1.38. The number of anilines is 1. The maximum absolute atomic E-state index is 13.7. The standard InChI is InChI=1S/C11H7F2N3O3S/c12-5-1-4(10(18)19)2-6(13)9(5)20-11-15-7(14)3-8(17)16-11/h1-3H,(H,18,19)(H3,14,15,16,17). The average molecular weight is 299 g/mol. The van der Waals surface area contributed by atoms with Gasteiger partial charge >= 0.3 is 5.97 Å². The zero-order valence-electron chi connectivity index (χ0n) is 9.68. The number of nitrogens with two attached hydrogens (primary N) is 1. The largest absolute Gasteiger partial charge is 0.478 e. The van der Waals surface area contributed by atoms with Crippen LogP contribution in [0.2, 0.25) is 0 Å². The van der Waals surface area contributed by atoms with Crippen LogP contribution in [0, 0.1) is 11.6 Å². The lowest BCUT2D eigenvalue weighted by Crippen LogP contribution is -2.09. The van der Waals surface area contributed by atoms with E-state index in [-0.39, 0.29) is 11.0 Å². The van der Waals surface area contributed by atoms with E-state index in [1.54, 1.807) is 0 Å². The van der Waals surface area contributed by atoms with Gasteiger partial charge in [-0.1, -0.05) is 0 Å². The van der Waals surface area contributed by atoms with Crippen molar-refractivity contribution in [2.75, 3.05) is 5.73 Å². The van der Waals surface area contributed by atoms with E-state index in [1.165, 1.54) is 0 Å². The van der Waals surface area contributed by atoms with E-state index in [2.05, 4.69) is 9.97 Å². The van der Waals surface area contributed by atoms with E-state index in [4.69, 9.17) is 10.8 Å². The first-order chi connectivity index (χ1) is 9.36. The number of rotatable bonds is 3. The lowest BCUT2D eigenvalue weighted by molar-refractivity contribution is 0.0695. The molecule has 2 aromatic rings. The number of aromatic carboxylic acids is 1. The smallest absolute Gasteiger partial charge is 0.335 e. The Hall–Kier alpha value is -2.42. The van der Waals surface area contributed by atoms with Crippen LogP contribution in [-0.2, 0) is 0 Å². The molecule has 0 unspecified atom stereocenters. The molecule has 0 aliphatic carbocycles. The molecule has 104 valence electrons. The molecule has 0 aliphatic heterocycles. The highest BCUT2D eigenvalue weighted by Gasteiger charge is 2.17. The molecule has 0 bridgehead atoms. The Morgan fingerprint density at radius 2 is 1.90 bits per heavy atom. The molecule has 1 aromatic carbocycles. The van der Waals surface area contributed by atoms with Crippen LogP contribution < -0.4 is 11.3 Å². The average Bonchev–Trinajstić information content (AvgIpc) is 2.32. The number of carboxylic acids is 1. The minimum atomic E-state index is -1.45. The fourth-order valence-corrected chi connectivity index (χ4v) is 2.19. The summed E-state index contributed by atoms with van der Waals surface area (Å²) >= 11 is 0.500. The van der Waals surface area contributed by atoms with Crippen molar-refractivity contribution in [1.29, 1.82) is 0 Å². The molecule has 6 nitrogen and oxygen atoms in total. The third-order valence-electron chi connectivity index (χ3n) is 2.18. The normalized spacial score (nSPS) is 10.5. The summed E-state index contributed by atoms with van der Waals surface area (Å²) in [6.07, 6.45) is 0. The van der Waals surface area contributed by atoms with Gasteiger partial charge in [0.15, 0.2) is 5.16 Å². The number of benzene rings is 1. The molecule has 1 aromatic heterocycles. The number of nitrogen functional groups attached to an aromatic ring is 1. The van der Waals surface area contributed by atoms with Crippen LogP contribution in [0.25, 0.3) is 0 Å². The van der Waals surface area contributed by atoms with Crippen molar-refractivity contribution in [2.24, 2.45) is 0 Å². The zero-order valence-corrected chi connectivity index (χ0v) is 10.5. The van der Waals surface area contributed by atoms with Gasteiger partial charge in [0.05, 0.1) is 10.5 Å². The molecule has 0 amide bonds. The van der Waals surface area contributed by atoms with Gasteiger partial charge in [0.25, 0.3) is 5.56 Å². The van der Waals surface area contributed by atoms with Crippen LogP contribution in [0.5, 0.6) is 0 Å². The van der Waals surface area contributed by atoms with Gasteiger partial charge in [-0.3, -0.25) is 4.79 Å². The van der Waals surface area contributed by atoms with Crippen LogP contribution in [0.1, 0.15) is 10.4 Å². The molecule has 1 heterocycles. The topological polar surface area (TPSA) is 109 Å². The fraction of sp³-hybridized carbons (Fsp3) is 0. The van der Waals surface area contributed by atoms with Gasteiger partial charge < -0.3 is 15.8 Å². The first kappa shape index (κ1) is 14.0. The van der Waals surface area contributed by atoms with Crippen LogP contribution in [0.3, 0.4) is 0 Å². The van der Waals surface area contributed by atoms with Gasteiger partial charge in [-0.15, -0.1) is 0 Å². The Balaban J connectivity index is 2.43. The minimum absolute atomic E-state index is 0.0979. The molecule has 0 aliphatic rings. The van der Waals surface area contributed by atoms with Crippen LogP contribution >= 0.6 is 11.8 Å². The quantitative estimate of drug-likeness (QED) is 0.741. The second kappa shape index (κ2) is 5.29. The number of carbonyl (C=O) groups is 1. The lowest BCUT2D eigenvalue weighted by Gasteiger charge is -2.05. The molecule has 20 heavy (non-hydrogen) atoms. The van der Waals surface area contributed by atoms with Crippen LogP contribution in [0.15, 0.2) is 33.0 Å². The minimum Gasteiger partial charge on any atom is -0.478 e. The van der Waals surface area contributed by atoms with E-state index in [9.17, 15) is 18.4 Å². The van der Waals surface area contributed by atoms with Gasteiger partial charge in [0.1, 0.15) is 17.5 Å². The van der Waals surface area contributed by atoms with Crippen molar-refractivity contribution in [2.45, 2.75) is 10.1 Å². The number of nitrogens with zero attached hydrogens (tertiary/aromatic N) is 1. The maximum atomic E-state index is 13.7. The van der Waals surface area contributed by atoms with Crippen molar-refractivity contribution in [3.8, 4) is 0 Å². The highest BCUT2D eigenvalue weighted by molar-refractivity contribution is 7.99. The number of hydrogen-bond donors (Lipinski definition) is 3. The summed E-state index contributed by atoms with van der Waals surface area (Å²) in [6, 6.07) is 2.38. The number of aromatic nitrogens is 2. The lowest BCUT2D eigenvalue weighted by atomic mass is 10.2. The first-order valence-electron chi connectivity index (χ1n) is 5.14. The van der Waals surface area contributed by atoms with E-state index in [1.807, 2.05) is 0 Å². The molecule has 0 spiro atoms. The van der Waals surface area contributed by atoms with E-state index >= 15 is 0 Å². The van der Waals surface area contributed by atoms with Crippen molar-refractivity contribution in [3.05, 3.63) is 45.8 Å². The summed E-state index contributed by atoms with van der Waals surface area (Å²) in [5.41, 5.74) is 4.26. The Labute approximate surface area is 114 Å². The third kappa shape index (κ3) is 2.94. The molecule has 2 rings (SSSR count). The molecule has 0 saturated heterocycles. The number of carboxylic acid groups (broad SMARTS) is 1. The van der Waals surface area contributed by atoms with Gasteiger partial charge in [-0.2, -0.15) is 0 Å². The van der Waals surface area contributed by atoms with E-state index < -0.39 is 33.6 Å². The number of halogens is 2. The summed E-state index contributed by atoms with van der Waals surface area (Å²) in [5.74, 6) is -3.69. The second-order valence-electron chi connectivity index (χ2n) is 3.65. The Bertz CT molecular complexity index is 725. The van der Waals surface area contributed by atoms with Gasteiger partial charge in [0, 0.05) is 6.07 Å². The molecule has 0 fully saturated rings. The van der Waals surface area contributed by atoms with E-state index in [0.717, 1.165) is 6.07 Å². The summed E-state index contributed by atoms with van der Waals surface area (Å²) in [5, 5.41) is 8.57. The zero-order chi connectivity index (χ0) is 14.9. The van der Waals surface area contributed by atoms with Crippen LogP contribution in [-0.4, -0.2) is 21.0 Å². The molecule has 0 saturated carbocycles. The van der Waals surface area contributed by atoms with Crippen molar-refractivity contribution >= 4 is 23.5 Å². The molecule has 9 heteroatoms.